The predicted octanol–water partition coefficient (Wildman–Crippen LogP) is 3.10. The molecule has 1 aromatic heterocycles. The molecule has 0 spiro atoms. The van der Waals surface area contributed by atoms with E-state index in [4.69, 9.17) is 5.73 Å². The fraction of sp³-hybridized carbons (Fsp3) is 0.286. The van der Waals surface area contributed by atoms with Gasteiger partial charge in [0, 0.05) is 29.5 Å². The smallest absolute Gasteiger partial charge is 0.243 e. The first-order valence-corrected chi connectivity index (χ1v) is 9.45. The molecule has 0 saturated carbocycles. The van der Waals surface area contributed by atoms with Gasteiger partial charge in [-0.25, -0.2) is 8.42 Å². The fourth-order valence-electron chi connectivity index (χ4n) is 1.97. The van der Waals surface area contributed by atoms with Crippen molar-refractivity contribution in [2.45, 2.75) is 24.9 Å². The van der Waals surface area contributed by atoms with E-state index in [1.807, 2.05) is 23.6 Å². The van der Waals surface area contributed by atoms with Gasteiger partial charge in [0.1, 0.15) is 0 Å². The summed E-state index contributed by atoms with van der Waals surface area (Å²) in [5.74, 6) is 0. The first kappa shape index (κ1) is 16.6. The van der Waals surface area contributed by atoms with Crippen LogP contribution >= 0.6 is 27.3 Å². The molecule has 2 rings (SSSR count). The standard InChI is InChI=1S/C14H17BrN2O2S2/c1-10-13(15)6-11(8-16)7-14(10)21(18,19)17(2)9-12-4-3-5-20-12/h3-7H,8-9,16H2,1-2H3. The zero-order chi connectivity index (χ0) is 15.6. The first-order chi connectivity index (χ1) is 9.86. The third-order valence-corrected chi connectivity index (χ3v) is 6.85. The molecule has 7 heteroatoms. The molecular formula is C14H17BrN2O2S2. The van der Waals surface area contributed by atoms with E-state index in [1.54, 1.807) is 31.4 Å². The maximum absolute atomic E-state index is 12.8. The molecule has 114 valence electrons. The van der Waals surface area contributed by atoms with Crippen LogP contribution < -0.4 is 5.73 Å². The Kier molecular flexibility index (Phi) is 5.21. The van der Waals surface area contributed by atoms with Gasteiger partial charge in [0.15, 0.2) is 0 Å². The van der Waals surface area contributed by atoms with E-state index in [0.717, 1.165) is 14.9 Å². The van der Waals surface area contributed by atoms with Gasteiger partial charge >= 0.3 is 0 Å². The van der Waals surface area contributed by atoms with E-state index < -0.39 is 10.0 Å². The van der Waals surface area contributed by atoms with Gasteiger partial charge in [0.05, 0.1) is 4.90 Å². The molecule has 0 atom stereocenters. The maximum Gasteiger partial charge on any atom is 0.243 e. The van der Waals surface area contributed by atoms with E-state index in [1.165, 1.54) is 4.31 Å². The molecule has 1 heterocycles. The second-order valence-electron chi connectivity index (χ2n) is 4.75. The average Bonchev–Trinajstić information content (AvgIpc) is 2.94. The molecule has 0 unspecified atom stereocenters. The van der Waals surface area contributed by atoms with Gasteiger partial charge in [-0.15, -0.1) is 11.3 Å². The van der Waals surface area contributed by atoms with Gasteiger partial charge in [0.2, 0.25) is 10.0 Å². The van der Waals surface area contributed by atoms with Crippen LogP contribution in [-0.4, -0.2) is 19.8 Å². The number of halogens is 1. The summed E-state index contributed by atoms with van der Waals surface area (Å²) in [5, 5.41) is 1.94. The fourth-order valence-corrected chi connectivity index (χ4v) is 4.89. The molecule has 0 aliphatic carbocycles. The molecule has 0 aliphatic rings. The Labute approximate surface area is 137 Å². The van der Waals surface area contributed by atoms with E-state index in [9.17, 15) is 8.42 Å². The van der Waals surface area contributed by atoms with Gasteiger partial charge in [0.25, 0.3) is 0 Å². The number of thiophene rings is 1. The minimum atomic E-state index is -3.55. The molecule has 2 N–H and O–H groups in total. The van der Waals surface area contributed by atoms with Crippen LogP contribution in [0.25, 0.3) is 0 Å². The number of sulfonamides is 1. The average molecular weight is 389 g/mol. The van der Waals surface area contributed by atoms with Crippen LogP contribution in [0.5, 0.6) is 0 Å². The van der Waals surface area contributed by atoms with E-state index in [0.29, 0.717) is 23.5 Å². The minimum absolute atomic E-state index is 0.302. The Morgan fingerprint density at radius 1 is 1.38 bits per heavy atom. The highest BCUT2D eigenvalue weighted by Gasteiger charge is 2.24. The number of rotatable bonds is 5. The zero-order valence-corrected chi connectivity index (χ0v) is 15.1. The Bertz CT molecular complexity index is 728. The van der Waals surface area contributed by atoms with E-state index in [2.05, 4.69) is 15.9 Å². The maximum atomic E-state index is 12.8. The van der Waals surface area contributed by atoms with Crippen LogP contribution in [0.4, 0.5) is 0 Å². The highest BCUT2D eigenvalue weighted by Crippen LogP contribution is 2.28. The van der Waals surface area contributed by atoms with Crippen LogP contribution in [0, 0.1) is 6.92 Å². The van der Waals surface area contributed by atoms with Crippen molar-refractivity contribution < 1.29 is 8.42 Å². The number of nitrogens with zero attached hydrogens (tertiary/aromatic N) is 1. The lowest BCUT2D eigenvalue weighted by atomic mass is 10.1. The van der Waals surface area contributed by atoms with Crippen LogP contribution in [0.15, 0.2) is 39.0 Å². The Hall–Kier alpha value is -0.730. The number of benzene rings is 1. The lowest BCUT2D eigenvalue weighted by Crippen LogP contribution is -2.27. The second kappa shape index (κ2) is 6.58. The summed E-state index contributed by atoms with van der Waals surface area (Å²) in [4.78, 5) is 1.31. The molecule has 21 heavy (non-hydrogen) atoms. The van der Waals surface area contributed by atoms with Crippen LogP contribution in [0.2, 0.25) is 0 Å². The summed E-state index contributed by atoms with van der Waals surface area (Å²) >= 11 is 4.95. The molecule has 0 aliphatic heterocycles. The molecule has 0 saturated heterocycles. The highest BCUT2D eigenvalue weighted by atomic mass is 79.9. The predicted molar refractivity (Wildman–Crippen MR) is 89.7 cm³/mol. The van der Waals surface area contributed by atoms with Crippen molar-refractivity contribution in [3.63, 3.8) is 0 Å². The Balaban J connectivity index is 2.41. The summed E-state index contributed by atoms with van der Waals surface area (Å²) in [6, 6.07) is 7.35. The normalized spacial score (nSPS) is 12.0. The molecule has 0 radical (unpaired) electrons. The van der Waals surface area contributed by atoms with E-state index in [-0.39, 0.29) is 0 Å². The molecule has 0 bridgehead atoms. The largest absolute Gasteiger partial charge is 0.326 e. The summed E-state index contributed by atoms with van der Waals surface area (Å²) in [6.45, 7) is 2.45. The molecular weight excluding hydrogens is 372 g/mol. The van der Waals surface area contributed by atoms with E-state index >= 15 is 0 Å². The molecule has 2 aromatic rings. The molecule has 1 aromatic carbocycles. The van der Waals surface area contributed by atoms with Gasteiger partial charge < -0.3 is 5.73 Å². The van der Waals surface area contributed by atoms with Crippen molar-refractivity contribution in [1.29, 1.82) is 0 Å². The highest BCUT2D eigenvalue weighted by molar-refractivity contribution is 9.10. The third kappa shape index (κ3) is 3.54. The van der Waals surface area contributed by atoms with Crippen molar-refractivity contribution in [3.05, 3.63) is 50.1 Å². The molecule has 4 nitrogen and oxygen atoms in total. The summed E-state index contributed by atoms with van der Waals surface area (Å²) < 4.78 is 27.7. The summed E-state index contributed by atoms with van der Waals surface area (Å²) in [7, 11) is -1.95. The van der Waals surface area contributed by atoms with Crippen molar-refractivity contribution in [2.24, 2.45) is 5.73 Å². The lowest BCUT2D eigenvalue weighted by molar-refractivity contribution is 0.469. The van der Waals surface area contributed by atoms with Crippen molar-refractivity contribution in [2.75, 3.05) is 7.05 Å². The lowest BCUT2D eigenvalue weighted by Gasteiger charge is -2.19. The topological polar surface area (TPSA) is 63.4 Å². The summed E-state index contributed by atoms with van der Waals surface area (Å²) in [5.41, 5.74) is 7.13. The SMILES string of the molecule is Cc1c(Br)cc(CN)cc1S(=O)(=O)N(C)Cc1cccs1. The van der Waals surface area contributed by atoms with Crippen LogP contribution in [0.3, 0.4) is 0 Å². The third-order valence-electron chi connectivity index (χ3n) is 3.24. The monoisotopic (exact) mass is 388 g/mol. The quantitative estimate of drug-likeness (QED) is 0.855. The summed E-state index contributed by atoms with van der Waals surface area (Å²) in [6.07, 6.45) is 0. The molecule has 0 fully saturated rings. The van der Waals surface area contributed by atoms with Crippen molar-refractivity contribution >= 4 is 37.3 Å². The first-order valence-electron chi connectivity index (χ1n) is 6.34. The van der Waals surface area contributed by atoms with Gasteiger partial charge in [-0.05, 0) is 41.6 Å². The number of hydrogen-bond acceptors (Lipinski definition) is 4. The van der Waals surface area contributed by atoms with Crippen LogP contribution in [0.1, 0.15) is 16.0 Å². The van der Waals surface area contributed by atoms with Gasteiger partial charge in [-0.3, -0.25) is 0 Å². The minimum Gasteiger partial charge on any atom is -0.326 e. The van der Waals surface area contributed by atoms with Crippen molar-refractivity contribution in [3.8, 4) is 0 Å². The Morgan fingerprint density at radius 3 is 2.67 bits per heavy atom. The number of hydrogen-bond donors (Lipinski definition) is 1. The van der Waals surface area contributed by atoms with Crippen LogP contribution in [-0.2, 0) is 23.1 Å². The Morgan fingerprint density at radius 2 is 2.10 bits per heavy atom. The molecule has 0 amide bonds. The van der Waals surface area contributed by atoms with Crippen molar-refractivity contribution in [1.82, 2.24) is 4.31 Å². The van der Waals surface area contributed by atoms with Gasteiger partial charge in [-0.2, -0.15) is 4.31 Å². The number of nitrogens with two attached hydrogens (primary N) is 1. The van der Waals surface area contributed by atoms with Gasteiger partial charge in [-0.1, -0.05) is 22.0 Å². The zero-order valence-electron chi connectivity index (χ0n) is 11.8. The second-order valence-corrected chi connectivity index (χ2v) is 8.65.